The van der Waals surface area contributed by atoms with Crippen molar-refractivity contribution in [1.29, 1.82) is 0 Å². The number of hydrogen-bond donors (Lipinski definition) is 0. The number of anilines is 2. The molecule has 0 N–H and O–H groups in total. The normalized spacial score (nSPS) is 20.4. The number of fused-ring (bicyclic) bond motifs is 1. The van der Waals surface area contributed by atoms with Crippen LogP contribution in [0.4, 0.5) is 17.1 Å². The Balaban J connectivity index is 2.21. The molecule has 2 aromatic rings. The van der Waals surface area contributed by atoms with E-state index in [1.165, 1.54) is 22.6 Å². The zero-order valence-corrected chi connectivity index (χ0v) is 12.1. The van der Waals surface area contributed by atoms with E-state index < -0.39 is 0 Å². The van der Waals surface area contributed by atoms with E-state index in [9.17, 15) is 0 Å². The third kappa shape index (κ3) is 1.67. The van der Waals surface area contributed by atoms with Crippen molar-refractivity contribution >= 4 is 17.1 Å². The van der Waals surface area contributed by atoms with Crippen LogP contribution in [0, 0.1) is 6.92 Å². The Bertz CT molecular complexity index is 616. The van der Waals surface area contributed by atoms with Gasteiger partial charge < -0.3 is 0 Å². The van der Waals surface area contributed by atoms with Gasteiger partial charge in [0, 0.05) is 18.7 Å². The summed E-state index contributed by atoms with van der Waals surface area (Å²) in [7, 11) is 4.56. The molecule has 2 aromatic carbocycles. The molecule has 0 saturated heterocycles. The highest BCUT2D eigenvalue weighted by molar-refractivity contribution is 5.82. The molecule has 1 aliphatic heterocycles. The van der Waals surface area contributed by atoms with Crippen molar-refractivity contribution < 1.29 is 0 Å². The summed E-state index contributed by atoms with van der Waals surface area (Å²) < 4.78 is 0.893. The van der Waals surface area contributed by atoms with Crippen LogP contribution >= 0.6 is 0 Å². The minimum atomic E-state index is 0.401. The Morgan fingerprint density at radius 2 is 1.47 bits per heavy atom. The summed E-state index contributed by atoms with van der Waals surface area (Å²) in [4.78, 5) is 2.46. The first-order chi connectivity index (χ1) is 9.03. The van der Waals surface area contributed by atoms with Crippen LogP contribution in [0.1, 0.15) is 12.5 Å². The topological polar surface area (TPSA) is 3.24 Å². The standard InChI is InChI=1S/C17H21N2/c1-13-9-5-6-10-15(13)18-14(2)19(3,4)17-12-8-7-11-16(17)18/h5-12,14H,1-4H3/q+1. The fourth-order valence-corrected chi connectivity index (χ4v) is 3.01. The van der Waals surface area contributed by atoms with Gasteiger partial charge in [0.2, 0.25) is 0 Å². The van der Waals surface area contributed by atoms with Gasteiger partial charge in [-0.1, -0.05) is 30.3 Å². The minimum Gasteiger partial charge on any atom is -0.286 e. The van der Waals surface area contributed by atoms with E-state index in [1.54, 1.807) is 0 Å². The molecule has 0 radical (unpaired) electrons. The fourth-order valence-electron chi connectivity index (χ4n) is 3.01. The maximum atomic E-state index is 2.46. The molecule has 1 atom stereocenters. The summed E-state index contributed by atoms with van der Waals surface area (Å²) in [5.41, 5.74) is 5.35. The van der Waals surface area contributed by atoms with Crippen LogP contribution in [0.3, 0.4) is 0 Å². The van der Waals surface area contributed by atoms with Gasteiger partial charge in [0.25, 0.3) is 0 Å². The SMILES string of the molecule is Cc1ccccc1N1c2ccccc2[N+](C)(C)C1C. The number of quaternary nitrogens is 1. The van der Waals surface area contributed by atoms with Crippen LogP contribution < -0.4 is 9.38 Å². The zero-order chi connectivity index (χ0) is 13.6. The van der Waals surface area contributed by atoms with Crippen molar-refractivity contribution in [2.24, 2.45) is 0 Å². The first-order valence-electron chi connectivity index (χ1n) is 6.81. The van der Waals surface area contributed by atoms with Gasteiger partial charge in [0.05, 0.1) is 14.1 Å². The summed E-state index contributed by atoms with van der Waals surface area (Å²) in [6.07, 6.45) is 0.401. The molecule has 3 rings (SSSR count). The number of para-hydroxylation sites is 3. The van der Waals surface area contributed by atoms with Crippen molar-refractivity contribution in [3.8, 4) is 0 Å². The molecule has 0 fully saturated rings. The zero-order valence-electron chi connectivity index (χ0n) is 12.1. The van der Waals surface area contributed by atoms with Crippen molar-refractivity contribution in [3.63, 3.8) is 0 Å². The average molecular weight is 253 g/mol. The van der Waals surface area contributed by atoms with Gasteiger partial charge >= 0.3 is 0 Å². The molecule has 2 nitrogen and oxygen atoms in total. The molecule has 0 saturated carbocycles. The lowest BCUT2D eigenvalue weighted by molar-refractivity contribution is 0.339. The first kappa shape index (κ1) is 12.2. The molecule has 1 heterocycles. The Morgan fingerprint density at radius 3 is 2.16 bits per heavy atom. The number of hydrogen-bond acceptors (Lipinski definition) is 1. The number of rotatable bonds is 1. The minimum absolute atomic E-state index is 0.401. The summed E-state index contributed by atoms with van der Waals surface area (Å²) in [6.45, 7) is 4.48. The average Bonchev–Trinajstić information content (AvgIpc) is 2.60. The van der Waals surface area contributed by atoms with Crippen LogP contribution in [0.5, 0.6) is 0 Å². The maximum Gasteiger partial charge on any atom is 0.170 e. The van der Waals surface area contributed by atoms with Crippen LogP contribution in [0.25, 0.3) is 0 Å². The van der Waals surface area contributed by atoms with E-state index in [0.29, 0.717) is 6.17 Å². The van der Waals surface area contributed by atoms with Crippen molar-refractivity contribution in [2.75, 3.05) is 19.0 Å². The smallest absolute Gasteiger partial charge is 0.170 e. The molecular formula is C17H21N2+. The summed E-state index contributed by atoms with van der Waals surface area (Å²) in [5, 5.41) is 0. The molecule has 98 valence electrons. The molecule has 1 aliphatic rings. The summed E-state index contributed by atoms with van der Waals surface area (Å²) in [5.74, 6) is 0. The molecule has 0 aromatic heterocycles. The van der Waals surface area contributed by atoms with Crippen LogP contribution in [-0.2, 0) is 0 Å². The largest absolute Gasteiger partial charge is 0.286 e. The molecule has 0 spiro atoms. The first-order valence-corrected chi connectivity index (χ1v) is 6.81. The van der Waals surface area contributed by atoms with Crippen molar-refractivity contribution in [3.05, 3.63) is 54.1 Å². The van der Waals surface area contributed by atoms with E-state index in [2.05, 4.69) is 81.4 Å². The quantitative estimate of drug-likeness (QED) is 0.693. The lowest BCUT2D eigenvalue weighted by atomic mass is 10.1. The second-order valence-electron chi connectivity index (χ2n) is 5.82. The highest BCUT2D eigenvalue weighted by Crippen LogP contribution is 2.47. The van der Waals surface area contributed by atoms with E-state index in [-0.39, 0.29) is 0 Å². The van der Waals surface area contributed by atoms with Gasteiger partial charge in [-0.3, -0.25) is 9.38 Å². The Labute approximate surface area is 115 Å². The lowest BCUT2D eigenvalue weighted by Crippen LogP contribution is -2.50. The van der Waals surface area contributed by atoms with Crippen molar-refractivity contribution in [2.45, 2.75) is 20.0 Å². The van der Waals surface area contributed by atoms with E-state index in [0.717, 1.165) is 4.48 Å². The molecule has 0 aliphatic carbocycles. The van der Waals surface area contributed by atoms with Crippen LogP contribution in [0.2, 0.25) is 0 Å². The third-order valence-corrected chi connectivity index (χ3v) is 4.44. The molecule has 1 unspecified atom stereocenters. The van der Waals surface area contributed by atoms with Gasteiger partial charge in [-0.05, 0) is 24.6 Å². The molecule has 2 heteroatoms. The number of nitrogens with zero attached hydrogens (tertiary/aromatic N) is 2. The highest BCUT2D eigenvalue weighted by Gasteiger charge is 2.43. The Morgan fingerprint density at radius 1 is 0.895 bits per heavy atom. The van der Waals surface area contributed by atoms with E-state index in [1.807, 2.05) is 0 Å². The van der Waals surface area contributed by atoms with Gasteiger partial charge in [-0.15, -0.1) is 0 Å². The molecule has 19 heavy (non-hydrogen) atoms. The predicted octanol–water partition coefficient (Wildman–Crippen LogP) is 4.06. The molecule has 0 amide bonds. The highest BCUT2D eigenvalue weighted by atomic mass is 15.5. The van der Waals surface area contributed by atoms with Crippen LogP contribution in [0.15, 0.2) is 48.5 Å². The fraction of sp³-hybridized carbons (Fsp3) is 0.294. The van der Waals surface area contributed by atoms with Crippen molar-refractivity contribution in [1.82, 2.24) is 4.48 Å². The van der Waals surface area contributed by atoms with Crippen LogP contribution in [-0.4, -0.2) is 20.3 Å². The molecular weight excluding hydrogens is 232 g/mol. The third-order valence-electron chi connectivity index (χ3n) is 4.44. The predicted molar refractivity (Wildman–Crippen MR) is 82.9 cm³/mol. The number of aryl methyl sites for hydroxylation is 1. The molecule has 0 bridgehead atoms. The van der Waals surface area contributed by atoms with E-state index in [4.69, 9.17) is 0 Å². The van der Waals surface area contributed by atoms with E-state index >= 15 is 0 Å². The van der Waals surface area contributed by atoms with Gasteiger partial charge in [0.1, 0.15) is 5.69 Å². The number of benzene rings is 2. The summed E-state index contributed by atoms with van der Waals surface area (Å²) in [6, 6.07) is 17.4. The van der Waals surface area contributed by atoms with Gasteiger partial charge in [-0.25, -0.2) is 0 Å². The van der Waals surface area contributed by atoms with Gasteiger partial charge in [-0.2, -0.15) is 0 Å². The Kier molecular flexibility index (Phi) is 2.64. The lowest BCUT2D eigenvalue weighted by Gasteiger charge is -2.33. The summed E-state index contributed by atoms with van der Waals surface area (Å²) >= 11 is 0. The second-order valence-corrected chi connectivity index (χ2v) is 5.82. The van der Waals surface area contributed by atoms with Gasteiger partial charge in [0.15, 0.2) is 11.9 Å². The monoisotopic (exact) mass is 253 g/mol. The Hall–Kier alpha value is -1.80. The second kappa shape index (κ2) is 4.10. The maximum absolute atomic E-state index is 2.46.